The molecule has 0 aromatic carbocycles. The predicted molar refractivity (Wildman–Crippen MR) is 110 cm³/mol. The van der Waals surface area contributed by atoms with Crippen molar-refractivity contribution >= 4 is 34.0 Å². The molecule has 5 rings (SSSR count). The van der Waals surface area contributed by atoms with Gasteiger partial charge in [-0.3, -0.25) is 4.79 Å². The van der Waals surface area contributed by atoms with Crippen LogP contribution in [0.5, 0.6) is 0 Å². The van der Waals surface area contributed by atoms with Gasteiger partial charge in [0.1, 0.15) is 16.9 Å². The molecule has 28 heavy (non-hydrogen) atoms. The third-order valence-corrected chi connectivity index (χ3v) is 7.81. The highest BCUT2D eigenvalue weighted by atomic mass is 32.2. The molecule has 2 aromatic rings. The van der Waals surface area contributed by atoms with Crippen molar-refractivity contribution < 1.29 is 4.79 Å². The number of thioether (sulfide) groups is 1. The van der Waals surface area contributed by atoms with Crippen LogP contribution in [0.25, 0.3) is 0 Å². The summed E-state index contributed by atoms with van der Waals surface area (Å²) in [4.78, 5) is 13.9. The summed E-state index contributed by atoms with van der Waals surface area (Å²) in [5, 5.41) is 23.0. The molecule has 146 valence electrons. The van der Waals surface area contributed by atoms with E-state index in [1.807, 2.05) is 0 Å². The summed E-state index contributed by atoms with van der Waals surface area (Å²) in [6, 6.07) is 2.85. The molecule has 0 radical (unpaired) electrons. The Balaban J connectivity index is 1.27. The summed E-state index contributed by atoms with van der Waals surface area (Å²) in [5.74, 6) is 1.90. The highest BCUT2D eigenvalue weighted by Gasteiger charge is 2.36. The lowest BCUT2D eigenvalue weighted by Crippen LogP contribution is -2.14. The first-order chi connectivity index (χ1) is 13.7. The number of hydrogen-bond donors (Lipinski definition) is 1. The van der Waals surface area contributed by atoms with E-state index in [-0.39, 0.29) is 5.91 Å². The smallest absolute Gasteiger partial charge is 0.235 e. The molecule has 0 spiro atoms. The van der Waals surface area contributed by atoms with Crippen molar-refractivity contribution in [1.82, 2.24) is 14.8 Å². The van der Waals surface area contributed by atoms with Crippen molar-refractivity contribution in [3.05, 3.63) is 21.8 Å². The van der Waals surface area contributed by atoms with Gasteiger partial charge >= 0.3 is 0 Å². The molecule has 0 aliphatic heterocycles. The van der Waals surface area contributed by atoms with Gasteiger partial charge in [-0.1, -0.05) is 18.2 Å². The van der Waals surface area contributed by atoms with E-state index in [1.54, 1.807) is 11.3 Å². The molecule has 6 nitrogen and oxygen atoms in total. The highest BCUT2D eigenvalue weighted by molar-refractivity contribution is 7.99. The molecule has 3 aliphatic carbocycles. The van der Waals surface area contributed by atoms with Crippen LogP contribution in [0.15, 0.2) is 5.16 Å². The molecule has 0 saturated heterocycles. The molecule has 1 amide bonds. The number of thiophene rings is 1. The van der Waals surface area contributed by atoms with Crippen LogP contribution in [0, 0.1) is 11.3 Å². The molecule has 1 N–H and O–H groups in total. The Morgan fingerprint density at radius 1 is 1.21 bits per heavy atom. The number of rotatable bonds is 6. The number of aryl methyl sites for hydroxylation is 1. The van der Waals surface area contributed by atoms with Gasteiger partial charge in [0.05, 0.1) is 11.3 Å². The van der Waals surface area contributed by atoms with Gasteiger partial charge in [0.25, 0.3) is 0 Å². The fourth-order valence-corrected chi connectivity index (χ4v) is 5.99. The lowest BCUT2D eigenvalue weighted by atomic mass is 10.1. The number of aromatic nitrogens is 3. The number of fused-ring (bicyclic) bond motifs is 1. The first kappa shape index (κ1) is 18.2. The van der Waals surface area contributed by atoms with Gasteiger partial charge in [-0.15, -0.1) is 21.5 Å². The number of nitrogens with zero attached hydrogens (tertiary/aromatic N) is 4. The second-order valence-electron chi connectivity index (χ2n) is 7.93. The standard InChI is InChI=1S/C20H23N5OS2/c21-10-15-14-4-2-1-3-5-16(14)28-19(15)22-17(26)11-27-20-24-23-18(12-6-7-12)25(20)13-8-9-13/h12-13H,1-9,11H2,(H,22,26). The third-order valence-electron chi connectivity index (χ3n) is 5.66. The summed E-state index contributed by atoms with van der Waals surface area (Å²) in [5.41, 5.74) is 1.84. The number of hydrogen-bond acceptors (Lipinski definition) is 6. The summed E-state index contributed by atoms with van der Waals surface area (Å²) in [6.07, 6.45) is 10.3. The summed E-state index contributed by atoms with van der Waals surface area (Å²) >= 11 is 3.05. The fourth-order valence-electron chi connectivity index (χ4n) is 3.92. The third kappa shape index (κ3) is 3.58. The van der Waals surface area contributed by atoms with E-state index in [0.717, 1.165) is 40.8 Å². The first-order valence-electron chi connectivity index (χ1n) is 10.2. The minimum Gasteiger partial charge on any atom is -0.316 e. The van der Waals surface area contributed by atoms with Gasteiger partial charge in [-0.25, -0.2) is 0 Å². The average Bonchev–Trinajstić information content (AvgIpc) is 3.61. The van der Waals surface area contributed by atoms with Crippen molar-refractivity contribution in [3.63, 3.8) is 0 Å². The summed E-state index contributed by atoms with van der Waals surface area (Å²) in [7, 11) is 0. The number of carbonyl (C=O) groups is 1. The monoisotopic (exact) mass is 413 g/mol. The van der Waals surface area contributed by atoms with Gasteiger partial charge in [0, 0.05) is 16.8 Å². The minimum absolute atomic E-state index is 0.0729. The Morgan fingerprint density at radius 3 is 2.79 bits per heavy atom. The minimum atomic E-state index is -0.0729. The van der Waals surface area contributed by atoms with Crippen LogP contribution in [-0.4, -0.2) is 26.4 Å². The number of nitrogens with one attached hydrogen (secondary N) is 1. The molecule has 3 aliphatic rings. The van der Waals surface area contributed by atoms with Crippen LogP contribution in [-0.2, 0) is 17.6 Å². The Labute approximate surface area is 172 Å². The van der Waals surface area contributed by atoms with Gasteiger partial charge in [-0.05, 0) is 56.9 Å². The molecule has 2 heterocycles. The van der Waals surface area contributed by atoms with Crippen molar-refractivity contribution in [3.8, 4) is 6.07 Å². The topological polar surface area (TPSA) is 83.6 Å². The van der Waals surface area contributed by atoms with E-state index < -0.39 is 0 Å². The maximum absolute atomic E-state index is 12.6. The van der Waals surface area contributed by atoms with E-state index in [2.05, 4.69) is 26.2 Å². The van der Waals surface area contributed by atoms with E-state index >= 15 is 0 Å². The molecular formula is C20H23N5OS2. The number of anilines is 1. The molecule has 2 fully saturated rings. The molecule has 0 bridgehead atoms. The van der Waals surface area contributed by atoms with Crippen LogP contribution >= 0.6 is 23.1 Å². The molecule has 0 atom stereocenters. The second-order valence-corrected chi connectivity index (χ2v) is 9.98. The van der Waals surface area contributed by atoms with Crippen molar-refractivity contribution in [2.75, 3.05) is 11.1 Å². The molecule has 8 heteroatoms. The summed E-state index contributed by atoms with van der Waals surface area (Å²) < 4.78 is 2.27. The van der Waals surface area contributed by atoms with Gasteiger partial charge in [0.15, 0.2) is 5.16 Å². The Hall–Kier alpha value is -1.85. The lowest BCUT2D eigenvalue weighted by molar-refractivity contribution is -0.113. The summed E-state index contributed by atoms with van der Waals surface area (Å²) in [6.45, 7) is 0. The Bertz CT molecular complexity index is 949. The van der Waals surface area contributed by atoms with Crippen LogP contribution in [0.3, 0.4) is 0 Å². The van der Waals surface area contributed by atoms with Crippen molar-refractivity contribution in [1.29, 1.82) is 5.26 Å². The Kier molecular flexibility index (Phi) is 4.89. The SMILES string of the molecule is N#Cc1c(NC(=O)CSc2nnc(C3CC3)n2C2CC2)sc2c1CCCCC2. The van der Waals surface area contributed by atoms with Crippen LogP contribution < -0.4 is 5.32 Å². The van der Waals surface area contributed by atoms with Gasteiger partial charge < -0.3 is 9.88 Å². The maximum atomic E-state index is 12.6. The molecule has 2 aromatic heterocycles. The molecule has 0 unspecified atom stereocenters. The normalized spacial score (nSPS) is 19.0. The Morgan fingerprint density at radius 2 is 2.04 bits per heavy atom. The largest absolute Gasteiger partial charge is 0.316 e. The number of amides is 1. The van der Waals surface area contributed by atoms with Crippen molar-refractivity contribution in [2.45, 2.75) is 74.9 Å². The van der Waals surface area contributed by atoms with Gasteiger partial charge in [0.2, 0.25) is 5.91 Å². The van der Waals surface area contributed by atoms with Crippen LogP contribution in [0.2, 0.25) is 0 Å². The highest BCUT2D eigenvalue weighted by Crippen LogP contribution is 2.46. The zero-order valence-corrected chi connectivity index (χ0v) is 17.4. The number of carbonyl (C=O) groups excluding carboxylic acids is 1. The van der Waals surface area contributed by atoms with E-state index in [1.165, 1.54) is 55.2 Å². The number of nitriles is 1. The van der Waals surface area contributed by atoms with E-state index in [4.69, 9.17) is 0 Å². The zero-order chi connectivity index (χ0) is 19.1. The maximum Gasteiger partial charge on any atom is 0.235 e. The second kappa shape index (κ2) is 7.53. The van der Waals surface area contributed by atoms with E-state index in [0.29, 0.717) is 23.3 Å². The lowest BCUT2D eigenvalue weighted by Gasteiger charge is -2.08. The van der Waals surface area contributed by atoms with Gasteiger partial charge in [-0.2, -0.15) is 5.26 Å². The van der Waals surface area contributed by atoms with Crippen LogP contribution in [0.1, 0.15) is 78.7 Å². The van der Waals surface area contributed by atoms with Crippen molar-refractivity contribution in [2.24, 2.45) is 0 Å². The predicted octanol–water partition coefficient (Wildman–Crippen LogP) is 4.42. The fraction of sp³-hybridized carbons (Fsp3) is 0.600. The average molecular weight is 414 g/mol. The quantitative estimate of drug-likeness (QED) is 0.560. The molecular weight excluding hydrogens is 390 g/mol. The van der Waals surface area contributed by atoms with Crippen LogP contribution in [0.4, 0.5) is 5.00 Å². The zero-order valence-electron chi connectivity index (χ0n) is 15.7. The van der Waals surface area contributed by atoms with E-state index in [9.17, 15) is 10.1 Å². The molecule has 2 saturated carbocycles. The first-order valence-corrected chi connectivity index (χ1v) is 12.0.